The van der Waals surface area contributed by atoms with Crippen molar-refractivity contribution in [3.05, 3.63) is 28.8 Å². The number of aliphatic hydroxyl groups is 1. The van der Waals surface area contributed by atoms with Gasteiger partial charge in [-0.3, -0.25) is 4.79 Å². The van der Waals surface area contributed by atoms with Crippen LogP contribution in [0, 0.1) is 13.8 Å². The lowest BCUT2D eigenvalue weighted by molar-refractivity contribution is -0.146. The highest BCUT2D eigenvalue weighted by Gasteiger charge is 2.44. The molecular formula is C15H22N2O3. The van der Waals surface area contributed by atoms with Crippen molar-refractivity contribution < 1.29 is 15.0 Å². The maximum absolute atomic E-state index is 12.2. The molecule has 1 saturated heterocycles. The zero-order valence-electron chi connectivity index (χ0n) is 12.4. The standard InChI is InChI=1S/C15H22N2O3/c1-9-5-6-11(18)12(10(9)2)14(3,4)17-13(19)15(20)7-16-8-15/h5-6,16,18,20H,7-8H2,1-4H3,(H,17,19). The summed E-state index contributed by atoms with van der Waals surface area (Å²) >= 11 is 0. The van der Waals surface area contributed by atoms with Crippen LogP contribution in [0.15, 0.2) is 12.1 Å². The predicted octanol–water partition coefficient (Wildman–Crippen LogP) is 0.695. The van der Waals surface area contributed by atoms with Crippen molar-refractivity contribution in [3.63, 3.8) is 0 Å². The number of rotatable bonds is 3. The summed E-state index contributed by atoms with van der Waals surface area (Å²) in [6.07, 6.45) is 0. The molecule has 110 valence electrons. The Hall–Kier alpha value is -1.59. The number of aryl methyl sites for hydroxylation is 1. The van der Waals surface area contributed by atoms with E-state index in [1.54, 1.807) is 6.07 Å². The molecule has 0 atom stereocenters. The van der Waals surface area contributed by atoms with Gasteiger partial charge in [0.2, 0.25) is 0 Å². The second-order valence-electron chi connectivity index (χ2n) is 6.12. The number of carbonyl (C=O) groups excluding carboxylic acids is 1. The fourth-order valence-corrected chi connectivity index (χ4v) is 2.58. The molecule has 0 aromatic heterocycles. The number of carbonyl (C=O) groups is 1. The van der Waals surface area contributed by atoms with E-state index >= 15 is 0 Å². The highest BCUT2D eigenvalue weighted by Crippen LogP contribution is 2.34. The smallest absolute Gasteiger partial charge is 0.255 e. The van der Waals surface area contributed by atoms with Crippen LogP contribution in [0.4, 0.5) is 0 Å². The Labute approximate surface area is 119 Å². The third-order valence-corrected chi connectivity index (χ3v) is 4.02. The molecule has 0 radical (unpaired) electrons. The summed E-state index contributed by atoms with van der Waals surface area (Å²) in [5.74, 6) is -0.265. The molecule has 0 bridgehead atoms. The van der Waals surface area contributed by atoms with Crippen LogP contribution >= 0.6 is 0 Å². The molecule has 20 heavy (non-hydrogen) atoms. The highest BCUT2D eigenvalue weighted by atomic mass is 16.3. The van der Waals surface area contributed by atoms with Gasteiger partial charge in [0.25, 0.3) is 5.91 Å². The molecule has 0 spiro atoms. The molecule has 1 aliphatic rings. The quantitative estimate of drug-likeness (QED) is 0.656. The fraction of sp³-hybridized carbons (Fsp3) is 0.533. The number of phenolic OH excluding ortho intramolecular Hbond substituents is 1. The maximum Gasteiger partial charge on any atom is 0.255 e. The predicted molar refractivity (Wildman–Crippen MR) is 76.6 cm³/mol. The first-order valence-corrected chi connectivity index (χ1v) is 6.73. The molecule has 0 aliphatic carbocycles. The number of hydrogen-bond acceptors (Lipinski definition) is 4. The molecule has 5 heteroatoms. The van der Waals surface area contributed by atoms with Crippen LogP contribution < -0.4 is 10.6 Å². The maximum atomic E-state index is 12.2. The third-order valence-electron chi connectivity index (χ3n) is 4.02. The van der Waals surface area contributed by atoms with Crippen LogP contribution in [0.25, 0.3) is 0 Å². The van der Waals surface area contributed by atoms with E-state index in [9.17, 15) is 15.0 Å². The van der Waals surface area contributed by atoms with Gasteiger partial charge in [0, 0.05) is 18.7 Å². The summed E-state index contributed by atoms with van der Waals surface area (Å²) in [5.41, 5.74) is 0.563. The first-order chi connectivity index (χ1) is 9.17. The Morgan fingerprint density at radius 1 is 1.35 bits per heavy atom. The van der Waals surface area contributed by atoms with Crippen molar-refractivity contribution in [1.82, 2.24) is 10.6 Å². The second-order valence-corrected chi connectivity index (χ2v) is 6.12. The summed E-state index contributed by atoms with van der Waals surface area (Å²) in [6.45, 7) is 8.03. The van der Waals surface area contributed by atoms with Crippen LogP contribution in [0.1, 0.15) is 30.5 Å². The molecule has 2 rings (SSSR count). The molecule has 1 aromatic rings. The minimum absolute atomic E-state index is 0.150. The van der Waals surface area contributed by atoms with Crippen LogP contribution in [-0.4, -0.2) is 34.8 Å². The average Bonchev–Trinajstić information content (AvgIpc) is 2.30. The van der Waals surface area contributed by atoms with Gasteiger partial charge in [-0.1, -0.05) is 6.07 Å². The summed E-state index contributed by atoms with van der Waals surface area (Å²) in [7, 11) is 0. The van der Waals surface area contributed by atoms with E-state index in [0.717, 1.165) is 11.1 Å². The summed E-state index contributed by atoms with van der Waals surface area (Å²) in [6, 6.07) is 3.47. The Balaban J connectivity index is 2.31. The van der Waals surface area contributed by atoms with Crippen LogP contribution in [0.2, 0.25) is 0 Å². The monoisotopic (exact) mass is 278 g/mol. The van der Waals surface area contributed by atoms with E-state index in [2.05, 4.69) is 10.6 Å². The van der Waals surface area contributed by atoms with Crippen molar-refractivity contribution >= 4 is 5.91 Å². The number of hydrogen-bond donors (Lipinski definition) is 4. The molecule has 1 aromatic carbocycles. The lowest BCUT2D eigenvalue weighted by atomic mass is 9.86. The Bertz CT molecular complexity index is 548. The van der Waals surface area contributed by atoms with E-state index in [1.165, 1.54) is 0 Å². The zero-order chi connectivity index (χ0) is 15.1. The number of benzene rings is 1. The number of amides is 1. The van der Waals surface area contributed by atoms with Crippen LogP contribution in [0.5, 0.6) is 5.75 Å². The highest BCUT2D eigenvalue weighted by molar-refractivity contribution is 5.87. The van der Waals surface area contributed by atoms with E-state index in [0.29, 0.717) is 5.56 Å². The second kappa shape index (κ2) is 4.75. The van der Waals surface area contributed by atoms with Gasteiger partial charge < -0.3 is 20.8 Å². The Kier molecular flexibility index (Phi) is 3.52. The molecule has 1 fully saturated rings. The van der Waals surface area contributed by atoms with Gasteiger partial charge in [0.15, 0.2) is 5.60 Å². The first-order valence-electron chi connectivity index (χ1n) is 6.73. The largest absolute Gasteiger partial charge is 0.508 e. The number of β-amino-alcohol motifs (C(OH)–C–C–N with tert-alkyl or cyclic N) is 1. The SMILES string of the molecule is Cc1ccc(O)c(C(C)(C)NC(=O)C2(O)CNC2)c1C. The van der Waals surface area contributed by atoms with E-state index in [4.69, 9.17) is 0 Å². The normalized spacial score (nSPS) is 17.4. The molecule has 0 unspecified atom stereocenters. The van der Waals surface area contributed by atoms with Gasteiger partial charge >= 0.3 is 0 Å². The first kappa shape index (κ1) is 14.8. The third kappa shape index (κ3) is 2.39. The molecule has 4 N–H and O–H groups in total. The lowest BCUT2D eigenvalue weighted by Gasteiger charge is -2.39. The summed E-state index contributed by atoms with van der Waals surface area (Å²) in [5, 5.41) is 25.9. The minimum atomic E-state index is -1.34. The number of phenols is 1. The van der Waals surface area contributed by atoms with Gasteiger partial charge in [-0.25, -0.2) is 0 Å². The fourth-order valence-electron chi connectivity index (χ4n) is 2.58. The van der Waals surface area contributed by atoms with Crippen molar-refractivity contribution in [2.45, 2.75) is 38.8 Å². The van der Waals surface area contributed by atoms with Gasteiger partial charge in [-0.15, -0.1) is 0 Å². The molecular weight excluding hydrogens is 256 g/mol. The molecule has 5 nitrogen and oxygen atoms in total. The summed E-state index contributed by atoms with van der Waals surface area (Å²) < 4.78 is 0. The van der Waals surface area contributed by atoms with E-state index < -0.39 is 17.0 Å². The van der Waals surface area contributed by atoms with E-state index in [1.807, 2.05) is 33.8 Å². The van der Waals surface area contributed by atoms with Gasteiger partial charge in [-0.2, -0.15) is 0 Å². The van der Waals surface area contributed by atoms with Crippen molar-refractivity contribution in [3.8, 4) is 5.75 Å². The van der Waals surface area contributed by atoms with Gasteiger partial charge in [-0.05, 0) is 44.9 Å². The lowest BCUT2D eigenvalue weighted by Crippen LogP contribution is -2.68. The zero-order valence-corrected chi connectivity index (χ0v) is 12.4. The van der Waals surface area contributed by atoms with E-state index in [-0.39, 0.29) is 18.8 Å². The van der Waals surface area contributed by atoms with Crippen molar-refractivity contribution in [1.29, 1.82) is 0 Å². The Morgan fingerprint density at radius 2 is 1.95 bits per heavy atom. The van der Waals surface area contributed by atoms with Crippen molar-refractivity contribution in [2.75, 3.05) is 13.1 Å². The molecule has 0 saturated carbocycles. The topological polar surface area (TPSA) is 81.6 Å². The molecule has 1 aliphatic heterocycles. The molecule has 1 amide bonds. The number of nitrogens with one attached hydrogen (secondary N) is 2. The van der Waals surface area contributed by atoms with Gasteiger partial charge in [0.05, 0.1) is 5.54 Å². The van der Waals surface area contributed by atoms with Crippen LogP contribution in [0.3, 0.4) is 0 Å². The molecule has 1 heterocycles. The Morgan fingerprint density at radius 3 is 2.45 bits per heavy atom. The van der Waals surface area contributed by atoms with Crippen LogP contribution in [-0.2, 0) is 10.3 Å². The average molecular weight is 278 g/mol. The van der Waals surface area contributed by atoms with Crippen molar-refractivity contribution in [2.24, 2.45) is 0 Å². The van der Waals surface area contributed by atoms with Gasteiger partial charge in [0.1, 0.15) is 5.75 Å². The number of aromatic hydroxyl groups is 1. The summed E-state index contributed by atoms with van der Waals surface area (Å²) in [4.78, 5) is 12.2. The minimum Gasteiger partial charge on any atom is -0.508 e.